The highest BCUT2D eigenvalue weighted by molar-refractivity contribution is 5.87. The maximum Gasteiger partial charge on any atom is 0.232 e. The summed E-state index contributed by atoms with van der Waals surface area (Å²) in [6, 6.07) is 13.7. The number of morpholine rings is 1. The number of hydrogen-bond donors (Lipinski definition) is 0. The van der Waals surface area contributed by atoms with Crippen LogP contribution in [-0.2, 0) is 11.3 Å². The van der Waals surface area contributed by atoms with Crippen LogP contribution < -0.4 is 10.3 Å². The zero-order chi connectivity index (χ0) is 19.1. The number of ether oxygens (including phenoxy) is 1. The highest BCUT2D eigenvalue weighted by Crippen LogP contribution is 2.26. The molecule has 0 atom stereocenters. The molecule has 0 amide bonds. The van der Waals surface area contributed by atoms with Crippen molar-refractivity contribution in [1.82, 2.24) is 9.55 Å². The minimum Gasteiger partial charge on any atom is -0.436 e. The third-order valence-corrected chi connectivity index (χ3v) is 5.30. The number of rotatable bonds is 3. The number of fused-ring (bicyclic) bond motifs is 2. The lowest BCUT2D eigenvalue weighted by molar-refractivity contribution is 0.122. The predicted molar refractivity (Wildman–Crippen MR) is 110 cm³/mol. The first-order chi connectivity index (χ1) is 13.7. The molecule has 1 aliphatic heterocycles. The van der Waals surface area contributed by atoms with E-state index in [9.17, 15) is 4.79 Å². The fraction of sp³-hybridized carbons (Fsp3) is 0.273. The molecule has 1 saturated heterocycles. The van der Waals surface area contributed by atoms with Gasteiger partial charge in [0.2, 0.25) is 11.3 Å². The van der Waals surface area contributed by atoms with Crippen LogP contribution >= 0.6 is 0 Å². The zero-order valence-electron chi connectivity index (χ0n) is 15.7. The minimum atomic E-state index is -0.0543. The number of oxazole rings is 1. The molecule has 0 radical (unpaired) electrons. The van der Waals surface area contributed by atoms with Crippen LogP contribution in [0.1, 0.15) is 6.92 Å². The summed E-state index contributed by atoms with van der Waals surface area (Å²) >= 11 is 0. The molecule has 0 spiro atoms. The molecule has 0 aliphatic carbocycles. The van der Waals surface area contributed by atoms with Crippen LogP contribution in [0.25, 0.3) is 33.5 Å². The van der Waals surface area contributed by atoms with Gasteiger partial charge in [0.15, 0.2) is 5.58 Å². The van der Waals surface area contributed by atoms with Crippen LogP contribution in [0.5, 0.6) is 0 Å². The topological polar surface area (TPSA) is 60.5 Å². The smallest absolute Gasteiger partial charge is 0.232 e. The van der Waals surface area contributed by atoms with Gasteiger partial charge in [0.25, 0.3) is 0 Å². The van der Waals surface area contributed by atoms with E-state index in [0.717, 1.165) is 36.4 Å². The Morgan fingerprint density at radius 3 is 2.71 bits per heavy atom. The van der Waals surface area contributed by atoms with Crippen LogP contribution in [0.2, 0.25) is 0 Å². The summed E-state index contributed by atoms with van der Waals surface area (Å²) in [7, 11) is 0. The Morgan fingerprint density at radius 1 is 1.11 bits per heavy atom. The molecule has 0 N–H and O–H groups in total. The van der Waals surface area contributed by atoms with Crippen LogP contribution in [0, 0.1) is 0 Å². The van der Waals surface area contributed by atoms with Gasteiger partial charge in [-0.2, -0.15) is 0 Å². The average Bonchev–Trinajstić information content (AvgIpc) is 3.18. The van der Waals surface area contributed by atoms with Gasteiger partial charge in [-0.1, -0.05) is 12.1 Å². The Kier molecular flexibility index (Phi) is 4.13. The van der Waals surface area contributed by atoms with Crippen molar-refractivity contribution in [2.24, 2.45) is 0 Å². The SMILES string of the molecule is CCn1cc(-c2nc3ccccc3o2)c(=O)c2cc(N3CCOCC3)ccc21. The molecule has 1 fully saturated rings. The molecular weight excluding hydrogens is 354 g/mol. The van der Waals surface area contributed by atoms with E-state index in [1.54, 1.807) is 0 Å². The second kappa shape index (κ2) is 6.80. The quantitative estimate of drug-likeness (QED) is 0.547. The first-order valence-corrected chi connectivity index (χ1v) is 9.60. The van der Waals surface area contributed by atoms with Gasteiger partial charge >= 0.3 is 0 Å². The standard InChI is InChI=1S/C22H21N3O3/c1-2-24-14-17(22-23-18-5-3-4-6-20(18)28-22)21(26)16-13-15(7-8-19(16)24)25-9-11-27-12-10-25/h3-8,13-14H,2,9-12H2,1H3. The first kappa shape index (κ1) is 17.0. The third kappa shape index (κ3) is 2.77. The van der Waals surface area contributed by atoms with Crippen molar-refractivity contribution < 1.29 is 9.15 Å². The highest BCUT2D eigenvalue weighted by atomic mass is 16.5. The fourth-order valence-corrected chi connectivity index (χ4v) is 3.81. The van der Waals surface area contributed by atoms with Gasteiger partial charge in [-0.15, -0.1) is 0 Å². The molecule has 2 aromatic heterocycles. The number of pyridine rings is 1. The van der Waals surface area contributed by atoms with Crippen LogP contribution in [-0.4, -0.2) is 35.9 Å². The summed E-state index contributed by atoms with van der Waals surface area (Å²) in [5, 5.41) is 0.686. The van der Waals surface area contributed by atoms with E-state index < -0.39 is 0 Å². The molecule has 6 nitrogen and oxygen atoms in total. The van der Waals surface area contributed by atoms with Gasteiger partial charge in [-0.3, -0.25) is 4.79 Å². The first-order valence-electron chi connectivity index (χ1n) is 9.60. The molecule has 0 unspecified atom stereocenters. The number of aromatic nitrogens is 2. The van der Waals surface area contributed by atoms with E-state index >= 15 is 0 Å². The van der Waals surface area contributed by atoms with Gasteiger partial charge < -0.3 is 18.6 Å². The van der Waals surface area contributed by atoms with Crippen molar-refractivity contribution in [3.05, 3.63) is 58.9 Å². The van der Waals surface area contributed by atoms with E-state index in [1.165, 1.54) is 0 Å². The largest absolute Gasteiger partial charge is 0.436 e. The average molecular weight is 375 g/mol. The van der Waals surface area contributed by atoms with Crippen molar-refractivity contribution in [3.63, 3.8) is 0 Å². The van der Waals surface area contributed by atoms with Crippen molar-refractivity contribution >= 4 is 27.7 Å². The molecule has 6 heteroatoms. The summed E-state index contributed by atoms with van der Waals surface area (Å²) < 4.78 is 13.4. The number of nitrogens with zero attached hydrogens (tertiary/aromatic N) is 3. The highest BCUT2D eigenvalue weighted by Gasteiger charge is 2.18. The number of para-hydroxylation sites is 2. The second-order valence-corrected chi connectivity index (χ2v) is 6.95. The monoisotopic (exact) mass is 375 g/mol. The number of aryl methyl sites for hydroxylation is 1. The lowest BCUT2D eigenvalue weighted by Gasteiger charge is -2.29. The Labute approximate surface area is 162 Å². The van der Waals surface area contributed by atoms with Gasteiger partial charge in [0.05, 0.1) is 18.7 Å². The number of anilines is 1. The Hall–Kier alpha value is -3.12. The maximum atomic E-state index is 13.4. The van der Waals surface area contributed by atoms with Gasteiger partial charge in [-0.05, 0) is 37.3 Å². The van der Waals surface area contributed by atoms with E-state index in [-0.39, 0.29) is 5.43 Å². The van der Waals surface area contributed by atoms with E-state index in [4.69, 9.17) is 9.15 Å². The molecule has 2 aromatic carbocycles. The lowest BCUT2D eigenvalue weighted by Crippen LogP contribution is -2.36. The molecule has 0 bridgehead atoms. The second-order valence-electron chi connectivity index (χ2n) is 6.95. The normalized spacial score (nSPS) is 14.8. The maximum absolute atomic E-state index is 13.4. The molecule has 142 valence electrons. The number of benzene rings is 2. The molecular formula is C22H21N3O3. The molecule has 0 saturated carbocycles. The number of hydrogen-bond acceptors (Lipinski definition) is 5. The zero-order valence-corrected chi connectivity index (χ0v) is 15.7. The lowest BCUT2D eigenvalue weighted by atomic mass is 10.1. The van der Waals surface area contributed by atoms with Gasteiger partial charge in [0, 0.05) is 36.9 Å². The Morgan fingerprint density at radius 2 is 1.93 bits per heavy atom. The van der Waals surface area contributed by atoms with Crippen LogP contribution in [0.3, 0.4) is 0 Å². The Balaban J connectivity index is 1.70. The summed E-state index contributed by atoms with van der Waals surface area (Å²) in [4.78, 5) is 20.1. The van der Waals surface area contributed by atoms with E-state index in [2.05, 4.69) is 27.4 Å². The van der Waals surface area contributed by atoms with Gasteiger partial charge in [-0.25, -0.2) is 4.98 Å². The van der Waals surface area contributed by atoms with E-state index in [0.29, 0.717) is 35.6 Å². The summed E-state index contributed by atoms with van der Waals surface area (Å²) in [6.45, 7) is 5.90. The predicted octanol–water partition coefficient (Wildman–Crippen LogP) is 3.67. The van der Waals surface area contributed by atoms with Crippen molar-refractivity contribution in [2.75, 3.05) is 31.2 Å². The summed E-state index contributed by atoms with van der Waals surface area (Å²) in [5.74, 6) is 0.368. The van der Waals surface area contributed by atoms with Crippen molar-refractivity contribution in [3.8, 4) is 11.5 Å². The molecule has 5 rings (SSSR count). The van der Waals surface area contributed by atoms with Crippen molar-refractivity contribution in [1.29, 1.82) is 0 Å². The van der Waals surface area contributed by atoms with Crippen LogP contribution in [0.4, 0.5) is 5.69 Å². The molecule has 1 aliphatic rings. The molecule has 3 heterocycles. The third-order valence-electron chi connectivity index (χ3n) is 5.30. The van der Waals surface area contributed by atoms with Crippen LogP contribution in [0.15, 0.2) is 57.9 Å². The van der Waals surface area contributed by atoms with Gasteiger partial charge in [0.1, 0.15) is 11.1 Å². The van der Waals surface area contributed by atoms with E-state index in [1.807, 2.05) is 42.6 Å². The molecule has 4 aromatic rings. The summed E-state index contributed by atoms with van der Waals surface area (Å²) in [5.41, 5.74) is 3.84. The summed E-state index contributed by atoms with van der Waals surface area (Å²) in [6.07, 6.45) is 1.85. The minimum absolute atomic E-state index is 0.0543. The fourth-order valence-electron chi connectivity index (χ4n) is 3.81. The molecule has 28 heavy (non-hydrogen) atoms. The Bertz CT molecular complexity index is 1190. The van der Waals surface area contributed by atoms with Crippen molar-refractivity contribution in [2.45, 2.75) is 13.5 Å².